The fourth-order valence-corrected chi connectivity index (χ4v) is 3.98. The van der Waals surface area contributed by atoms with E-state index in [1.54, 1.807) is 0 Å². The molecule has 0 unspecified atom stereocenters. The molecule has 3 fully saturated rings. The number of likely N-dealkylation sites (tertiary alicyclic amines) is 1. The summed E-state index contributed by atoms with van der Waals surface area (Å²) in [5, 5.41) is 3.32. The lowest BCUT2D eigenvalue weighted by Gasteiger charge is -2.33. The minimum Gasteiger partial charge on any atom is -0.352 e. The molecule has 2 atom stereocenters. The highest BCUT2D eigenvalue weighted by atomic mass is 16.2. The second kappa shape index (κ2) is 7.19. The third-order valence-electron chi connectivity index (χ3n) is 5.85. The maximum Gasteiger partial charge on any atom is 0.225 e. The summed E-state index contributed by atoms with van der Waals surface area (Å²) in [6, 6.07) is 10.7. The van der Waals surface area contributed by atoms with E-state index in [0.29, 0.717) is 12.5 Å². The van der Waals surface area contributed by atoms with Crippen molar-refractivity contribution in [1.29, 1.82) is 0 Å². The van der Waals surface area contributed by atoms with Crippen LogP contribution in [0, 0.1) is 17.8 Å². The largest absolute Gasteiger partial charge is 0.352 e. The van der Waals surface area contributed by atoms with E-state index in [-0.39, 0.29) is 29.7 Å². The van der Waals surface area contributed by atoms with Gasteiger partial charge in [-0.3, -0.25) is 9.59 Å². The van der Waals surface area contributed by atoms with Gasteiger partial charge in [0.05, 0.1) is 5.92 Å². The highest BCUT2D eigenvalue weighted by Crippen LogP contribution is 2.35. The molecule has 0 aromatic heterocycles. The zero-order valence-corrected chi connectivity index (χ0v) is 14.8. The Morgan fingerprint density at radius 2 is 1.80 bits per heavy atom. The molecule has 1 aromatic rings. The predicted octanol–water partition coefficient (Wildman–Crippen LogP) is 2.77. The van der Waals surface area contributed by atoms with Gasteiger partial charge >= 0.3 is 0 Å². The van der Waals surface area contributed by atoms with Crippen LogP contribution in [-0.4, -0.2) is 35.8 Å². The molecule has 1 heterocycles. The maximum absolute atomic E-state index is 12.8. The Morgan fingerprint density at radius 3 is 2.48 bits per heavy atom. The number of nitrogens with zero attached hydrogens (tertiary/aromatic N) is 1. The quantitative estimate of drug-likeness (QED) is 0.866. The zero-order valence-electron chi connectivity index (χ0n) is 14.8. The van der Waals surface area contributed by atoms with E-state index >= 15 is 0 Å². The molecule has 1 saturated heterocycles. The lowest BCUT2D eigenvalue weighted by Crippen LogP contribution is -2.48. The molecule has 4 nitrogen and oxygen atoms in total. The monoisotopic (exact) mass is 340 g/mol. The number of nitrogens with one attached hydrogen (secondary N) is 1. The van der Waals surface area contributed by atoms with E-state index in [2.05, 4.69) is 29.6 Å². The van der Waals surface area contributed by atoms with Crippen LogP contribution in [0.25, 0.3) is 0 Å². The van der Waals surface area contributed by atoms with Gasteiger partial charge in [-0.05, 0) is 56.4 Å². The lowest BCUT2D eigenvalue weighted by molar-refractivity contribution is -0.137. The van der Waals surface area contributed by atoms with Crippen LogP contribution in [0.3, 0.4) is 0 Å². The van der Waals surface area contributed by atoms with Crippen LogP contribution in [0.1, 0.15) is 44.1 Å². The van der Waals surface area contributed by atoms with Crippen molar-refractivity contribution in [2.24, 2.45) is 17.8 Å². The predicted molar refractivity (Wildman–Crippen MR) is 96.8 cm³/mol. The summed E-state index contributed by atoms with van der Waals surface area (Å²) in [6.45, 7) is 1.44. The molecule has 2 saturated carbocycles. The molecule has 4 rings (SSSR count). The van der Waals surface area contributed by atoms with Crippen molar-refractivity contribution in [3.8, 4) is 0 Å². The SMILES string of the molecule is O=C(N[C@@H](Cc1ccccc1)C1CC1)[C@H]1CCCN(C(=O)C2CC2)C1. The Labute approximate surface area is 150 Å². The Kier molecular flexibility index (Phi) is 4.78. The first-order valence-corrected chi connectivity index (χ1v) is 9.84. The number of piperidine rings is 1. The zero-order chi connectivity index (χ0) is 17.2. The molecule has 3 aliphatic rings. The number of amides is 2. The van der Waals surface area contributed by atoms with Crippen molar-refractivity contribution in [1.82, 2.24) is 10.2 Å². The van der Waals surface area contributed by atoms with Crippen LogP contribution in [0.15, 0.2) is 30.3 Å². The van der Waals surface area contributed by atoms with Crippen LogP contribution >= 0.6 is 0 Å². The summed E-state index contributed by atoms with van der Waals surface area (Å²) in [5.74, 6) is 1.27. The van der Waals surface area contributed by atoms with Gasteiger partial charge in [-0.15, -0.1) is 0 Å². The van der Waals surface area contributed by atoms with Crippen molar-refractivity contribution >= 4 is 11.8 Å². The fourth-order valence-electron chi connectivity index (χ4n) is 3.98. The number of carbonyl (C=O) groups is 2. The number of rotatable bonds is 6. The average Bonchev–Trinajstić information content (AvgIpc) is 3.54. The van der Waals surface area contributed by atoms with Crippen molar-refractivity contribution in [2.45, 2.75) is 51.0 Å². The standard InChI is InChI=1S/C21H28N2O2/c24-20(18-7-4-12-23(14-18)21(25)17-10-11-17)22-19(16-8-9-16)13-15-5-2-1-3-6-15/h1-3,5-6,16-19H,4,7-14H2,(H,22,24)/t18-,19-/m0/s1. The summed E-state index contributed by atoms with van der Waals surface area (Å²) in [7, 11) is 0. The van der Waals surface area contributed by atoms with Crippen molar-refractivity contribution < 1.29 is 9.59 Å². The number of carbonyl (C=O) groups excluding carboxylic acids is 2. The highest BCUT2D eigenvalue weighted by molar-refractivity contribution is 5.83. The smallest absolute Gasteiger partial charge is 0.225 e. The maximum atomic E-state index is 12.8. The molecule has 0 bridgehead atoms. The summed E-state index contributed by atoms with van der Waals surface area (Å²) in [5.41, 5.74) is 1.29. The molecule has 0 spiro atoms. The Balaban J connectivity index is 1.35. The van der Waals surface area contributed by atoms with Crippen molar-refractivity contribution in [3.05, 3.63) is 35.9 Å². The van der Waals surface area contributed by atoms with E-state index in [9.17, 15) is 9.59 Å². The molecular weight excluding hydrogens is 312 g/mol. The molecule has 1 aromatic carbocycles. The van der Waals surface area contributed by atoms with Gasteiger partial charge in [-0.2, -0.15) is 0 Å². The van der Waals surface area contributed by atoms with Gasteiger partial charge in [-0.25, -0.2) is 0 Å². The van der Waals surface area contributed by atoms with Gasteiger partial charge in [0, 0.05) is 25.0 Å². The Morgan fingerprint density at radius 1 is 1.04 bits per heavy atom. The molecule has 0 radical (unpaired) electrons. The third-order valence-corrected chi connectivity index (χ3v) is 5.85. The first kappa shape index (κ1) is 16.6. The summed E-state index contributed by atoms with van der Waals surface area (Å²) < 4.78 is 0. The summed E-state index contributed by atoms with van der Waals surface area (Å²) in [4.78, 5) is 27.1. The fraction of sp³-hybridized carbons (Fsp3) is 0.619. The van der Waals surface area contributed by atoms with Gasteiger partial charge in [0.25, 0.3) is 0 Å². The van der Waals surface area contributed by atoms with Crippen LogP contribution < -0.4 is 5.32 Å². The highest BCUT2D eigenvalue weighted by Gasteiger charge is 2.38. The average molecular weight is 340 g/mol. The van der Waals surface area contributed by atoms with Gasteiger partial charge in [0.2, 0.25) is 11.8 Å². The van der Waals surface area contributed by atoms with Gasteiger partial charge < -0.3 is 10.2 Å². The van der Waals surface area contributed by atoms with Crippen LogP contribution in [0.2, 0.25) is 0 Å². The van der Waals surface area contributed by atoms with E-state index in [1.807, 2.05) is 11.0 Å². The topological polar surface area (TPSA) is 49.4 Å². The van der Waals surface area contributed by atoms with Gasteiger partial charge in [0.1, 0.15) is 0 Å². The van der Waals surface area contributed by atoms with Crippen LogP contribution in [0.4, 0.5) is 0 Å². The van der Waals surface area contributed by atoms with Gasteiger partial charge in [0.15, 0.2) is 0 Å². The van der Waals surface area contributed by atoms with Crippen LogP contribution in [0.5, 0.6) is 0 Å². The molecule has 2 amide bonds. The molecule has 134 valence electrons. The van der Waals surface area contributed by atoms with Crippen molar-refractivity contribution in [2.75, 3.05) is 13.1 Å². The normalized spacial score (nSPS) is 24.6. The van der Waals surface area contributed by atoms with E-state index in [4.69, 9.17) is 0 Å². The number of benzene rings is 1. The molecule has 2 aliphatic carbocycles. The Bertz CT molecular complexity index is 622. The first-order valence-electron chi connectivity index (χ1n) is 9.84. The second-order valence-electron chi connectivity index (χ2n) is 8.04. The molecule has 1 aliphatic heterocycles. The minimum absolute atomic E-state index is 0.0338. The lowest BCUT2D eigenvalue weighted by atomic mass is 9.95. The number of hydrogen-bond acceptors (Lipinski definition) is 2. The van der Waals surface area contributed by atoms with E-state index in [1.165, 1.54) is 18.4 Å². The summed E-state index contributed by atoms with van der Waals surface area (Å²) >= 11 is 0. The Hall–Kier alpha value is -1.84. The minimum atomic E-state index is -0.0338. The van der Waals surface area contributed by atoms with E-state index in [0.717, 1.165) is 38.6 Å². The third kappa shape index (κ3) is 4.23. The van der Waals surface area contributed by atoms with Gasteiger partial charge in [-0.1, -0.05) is 30.3 Å². The molecule has 4 heteroatoms. The first-order chi connectivity index (χ1) is 12.2. The van der Waals surface area contributed by atoms with E-state index < -0.39 is 0 Å². The summed E-state index contributed by atoms with van der Waals surface area (Å²) in [6.07, 6.45) is 7.27. The molecule has 25 heavy (non-hydrogen) atoms. The molecule has 1 N–H and O–H groups in total. The van der Waals surface area contributed by atoms with Crippen LogP contribution in [-0.2, 0) is 16.0 Å². The van der Waals surface area contributed by atoms with Crippen molar-refractivity contribution in [3.63, 3.8) is 0 Å². The number of hydrogen-bond donors (Lipinski definition) is 1. The second-order valence-corrected chi connectivity index (χ2v) is 8.04. The molecular formula is C21H28N2O2.